The summed E-state index contributed by atoms with van der Waals surface area (Å²) in [5.41, 5.74) is 6.67. The molecule has 1 aromatic carbocycles. The third-order valence-corrected chi connectivity index (χ3v) is 3.47. The Morgan fingerprint density at radius 2 is 2.26 bits per heavy atom. The molecule has 0 radical (unpaired) electrons. The molecular weight excluding hydrogens is 246 g/mol. The third kappa shape index (κ3) is 3.35. The van der Waals surface area contributed by atoms with E-state index in [1.54, 1.807) is 13.2 Å². The van der Waals surface area contributed by atoms with Crippen LogP contribution in [0.15, 0.2) is 18.2 Å². The van der Waals surface area contributed by atoms with E-state index < -0.39 is 4.92 Å². The van der Waals surface area contributed by atoms with Crippen LogP contribution in [0.25, 0.3) is 0 Å². The molecule has 0 heterocycles. The highest BCUT2D eigenvalue weighted by Crippen LogP contribution is 2.31. The van der Waals surface area contributed by atoms with Gasteiger partial charge in [0.2, 0.25) is 0 Å². The highest BCUT2D eigenvalue weighted by molar-refractivity contribution is 5.62. The Hall–Kier alpha value is -1.82. The number of rotatable bonds is 4. The molecule has 6 heteroatoms. The van der Waals surface area contributed by atoms with Crippen molar-refractivity contribution in [1.29, 1.82) is 0 Å². The van der Waals surface area contributed by atoms with Crippen molar-refractivity contribution in [2.75, 3.05) is 12.4 Å². The minimum Gasteiger partial charge on any atom is -0.495 e. The topological polar surface area (TPSA) is 90.4 Å². The molecule has 104 valence electrons. The van der Waals surface area contributed by atoms with Crippen LogP contribution in [0.1, 0.15) is 25.7 Å². The largest absolute Gasteiger partial charge is 0.495 e. The lowest BCUT2D eigenvalue weighted by Crippen LogP contribution is -2.34. The number of nitro benzene ring substituents is 1. The molecule has 0 aromatic heterocycles. The number of nitrogens with one attached hydrogen (secondary N) is 1. The molecule has 1 fully saturated rings. The van der Waals surface area contributed by atoms with Crippen LogP contribution in [0, 0.1) is 10.1 Å². The standard InChI is InChI=1S/C13H19N3O3/c1-19-13-6-5-11(16(17)18)8-12(13)15-10-4-2-3-9(14)7-10/h5-6,8-10,15H,2-4,7,14H2,1H3. The molecule has 1 aliphatic rings. The summed E-state index contributed by atoms with van der Waals surface area (Å²) in [6.45, 7) is 0. The number of nitrogens with zero attached hydrogens (tertiary/aromatic N) is 1. The zero-order chi connectivity index (χ0) is 13.8. The first-order chi connectivity index (χ1) is 9.10. The van der Waals surface area contributed by atoms with Gasteiger partial charge in [-0.1, -0.05) is 0 Å². The first-order valence-electron chi connectivity index (χ1n) is 6.44. The molecule has 1 saturated carbocycles. The molecule has 1 aromatic rings. The number of hydrogen-bond donors (Lipinski definition) is 2. The number of hydrogen-bond acceptors (Lipinski definition) is 5. The van der Waals surface area contributed by atoms with Crippen LogP contribution in [0.4, 0.5) is 11.4 Å². The zero-order valence-corrected chi connectivity index (χ0v) is 11.0. The predicted octanol–water partition coefficient (Wildman–Crippen LogP) is 2.29. The summed E-state index contributed by atoms with van der Waals surface area (Å²) in [7, 11) is 1.55. The second kappa shape index (κ2) is 5.88. The summed E-state index contributed by atoms with van der Waals surface area (Å²) in [6.07, 6.45) is 4.03. The van der Waals surface area contributed by atoms with Crippen LogP contribution >= 0.6 is 0 Å². The Morgan fingerprint density at radius 1 is 1.47 bits per heavy atom. The molecule has 2 unspecified atom stereocenters. The highest BCUT2D eigenvalue weighted by Gasteiger charge is 2.21. The van der Waals surface area contributed by atoms with Gasteiger partial charge in [0.1, 0.15) is 5.75 Å². The van der Waals surface area contributed by atoms with Gasteiger partial charge in [0, 0.05) is 24.2 Å². The quantitative estimate of drug-likeness (QED) is 0.644. The van der Waals surface area contributed by atoms with E-state index in [1.807, 2.05) is 0 Å². The molecule has 6 nitrogen and oxygen atoms in total. The molecule has 19 heavy (non-hydrogen) atoms. The molecule has 0 saturated heterocycles. The van der Waals surface area contributed by atoms with Crippen LogP contribution in [0.2, 0.25) is 0 Å². The fourth-order valence-electron chi connectivity index (χ4n) is 2.50. The Labute approximate surface area is 112 Å². The van der Waals surface area contributed by atoms with E-state index in [0.717, 1.165) is 25.7 Å². The number of non-ortho nitro benzene ring substituents is 1. The predicted molar refractivity (Wildman–Crippen MR) is 73.5 cm³/mol. The lowest BCUT2D eigenvalue weighted by molar-refractivity contribution is -0.384. The average molecular weight is 265 g/mol. The molecule has 2 rings (SSSR count). The minimum absolute atomic E-state index is 0.0587. The van der Waals surface area contributed by atoms with E-state index in [4.69, 9.17) is 10.5 Å². The molecule has 3 N–H and O–H groups in total. The van der Waals surface area contributed by atoms with Gasteiger partial charge in [0.25, 0.3) is 5.69 Å². The summed E-state index contributed by atoms with van der Waals surface area (Å²) in [6, 6.07) is 5.02. The normalized spacial score (nSPS) is 22.8. The number of ether oxygens (including phenoxy) is 1. The molecular formula is C13H19N3O3. The number of nitro groups is 1. The summed E-state index contributed by atoms with van der Waals surface area (Å²) in [5.74, 6) is 0.616. The second-order valence-corrected chi connectivity index (χ2v) is 4.91. The van der Waals surface area contributed by atoms with Crippen molar-refractivity contribution < 1.29 is 9.66 Å². The van der Waals surface area contributed by atoms with Crippen LogP contribution in [0.5, 0.6) is 5.75 Å². The Bertz CT molecular complexity index is 464. The van der Waals surface area contributed by atoms with Crippen LogP contribution in [-0.2, 0) is 0 Å². The Kier molecular flexibility index (Phi) is 4.21. The monoisotopic (exact) mass is 265 g/mol. The van der Waals surface area contributed by atoms with E-state index in [0.29, 0.717) is 11.4 Å². The lowest BCUT2D eigenvalue weighted by Gasteiger charge is -2.28. The highest BCUT2D eigenvalue weighted by atomic mass is 16.6. The van der Waals surface area contributed by atoms with Gasteiger partial charge >= 0.3 is 0 Å². The minimum atomic E-state index is -0.406. The summed E-state index contributed by atoms with van der Waals surface area (Å²) < 4.78 is 5.23. The van der Waals surface area contributed by atoms with Crippen molar-refractivity contribution >= 4 is 11.4 Å². The number of benzene rings is 1. The number of methoxy groups -OCH3 is 1. The number of nitrogens with two attached hydrogens (primary N) is 1. The fraction of sp³-hybridized carbons (Fsp3) is 0.538. The third-order valence-electron chi connectivity index (χ3n) is 3.47. The van der Waals surface area contributed by atoms with Crippen LogP contribution in [-0.4, -0.2) is 24.1 Å². The zero-order valence-electron chi connectivity index (χ0n) is 11.0. The average Bonchev–Trinajstić information content (AvgIpc) is 2.38. The van der Waals surface area contributed by atoms with Crippen LogP contribution in [0.3, 0.4) is 0 Å². The van der Waals surface area contributed by atoms with Gasteiger partial charge < -0.3 is 15.8 Å². The van der Waals surface area contributed by atoms with E-state index in [2.05, 4.69) is 5.32 Å². The molecule has 0 spiro atoms. The maximum Gasteiger partial charge on any atom is 0.271 e. The van der Waals surface area contributed by atoms with E-state index >= 15 is 0 Å². The van der Waals surface area contributed by atoms with E-state index in [-0.39, 0.29) is 17.8 Å². The summed E-state index contributed by atoms with van der Waals surface area (Å²) in [5, 5.41) is 14.1. The lowest BCUT2D eigenvalue weighted by atomic mass is 9.91. The van der Waals surface area contributed by atoms with Gasteiger partial charge in [-0.2, -0.15) is 0 Å². The molecule has 2 atom stereocenters. The van der Waals surface area contributed by atoms with Gasteiger partial charge in [-0.3, -0.25) is 10.1 Å². The van der Waals surface area contributed by atoms with Crippen molar-refractivity contribution in [3.63, 3.8) is 0 Å². The molecule has 0 amide bonds. The van der Waals surface area contributed by atoms with Crippen molar-refractivity contribution in [3.05, 3.63) is 28.3 Å². The van der Waals surface area contributed by atoms with Gasteiger partial charge in [-0.05, 0) is 31.7 Å². The van der Waals surface area contributed by atoms with E-state index in [1.165, 1.54) is 12.1 Å². The fourth-order valence-corrected chi connectivity index (χ4v) is 2.50. The van der Waals surface area contributed by atoms with Crippen LogP contribution < -0.4 is 15.8 Å². The second-order valence-electron chi connectivity index (χ2n) is 4.91. The van der Waals surface area contributed by atoms with Gasteiger partial charge in [-0.25, -0.2) is 0 Å². The maximum absolute atomic E-state index is 10.8. The van der Waals surface area contributed by atoms with E-state index in [9.17, 15) is 10.1 Å². The maximum atomic E-state index is 10.8. The molecule has 1 aliphatic carbocycles. The molecule has 0 bridgehead atoms. The van der Waals surface area contributed by atoms with Crippen molar-refractivity contribution in [2.24, 2.45) is 5.73 Å². The Morgan fingerprint density at radius 3 is 2.89 bits per heavy atom. The van der Waals surface area contributed by atoms with Gasteiger partial charge in [0.15, 0.2) is 0 Å². The van der Waals surface area contributed by atoms with Gasteiger partial charge in [-0.15, -0.1) is 0 Å². The first-order valence-corrected chi connectivity index (χ1v) is 6.44. The van der Waals surface area contributed by atoms with Gasteiger partial charge in [0.05, 0.1) is 17.7 Å². The smallest absolute Gasteiger partial charge is 0.271 e. The molecule has 0 aliphatic heterocycles. The Balaban J connectivity index is 2.17. The summed E-state index contributed by atoms with van der Waals surface area (Å²) in [4.78, 5) is 10.4. The van der Waals surface area contributed by atoms with Crippen molar-refractivity contribution in [2.45, 2.75) is 37.8 Å². The summed E-state index contributed by atoms with van der Waals surface area (Å²) >= 11 is 0. The number of anilines is 1. The van der Waals surface area contributed by atoms with Crippen molar-refractivity contribution in [3.8, 4) is 5.75 Å². The van der Waals surface area contributed by atoms with Crippen molar-refractivity contribution in [1.82, 2.24) is 0 Å². The first kappa shape index (κ1) is 13.6. The SMILES string of the molecule is COc1ccc([N+](=O)[O-])cc1NC1CCCC(N)C1.